The summed E-state index contributed by atoms with van der Waals surface area (Å²) in [6.07, 6.45) is 0.229. The quantitative estimate of drug-likeness (QED) is 0.682. The normalized spacial score (nSPS) is 17.1. The fourth-order valence-corrected chi connectivity index (χ4v) is 1.88. The molecule has 0 heterocycles. The highest BCUT2D eigenvalue weighted by Gasteiger charge is 2.27. The molecule has 106 valence electrons. The molecule has 1 saturated carbocycles. The lowest BCUT2D eigenvalue weighted by Gasteiger charge is -2.12. The zero-order valence-electron chi connectivity index (χ0n) is 10.2. The average Bonchev–Trinajstić information content (AvgIpc) is 2.77. The summed E-state index contributed by atoms with van der Waals surface area (Å²) in [6.45, 7) is -1.09. The van der Waals surface area contributed by atoms with Gasteiger partial charge in [0.05, 0.1) is 13.2 Å². The third-order valence-electron chi connectivity index (χ3n) is 2.74. The second-order valence-electron chi connectivity index (χ2n) is 4.38. The van der Waals surface area contributed by atoms with E-state index in [1.165, 1.54) is 12.8 Å². The Morgan fingerprint density at radius 2 is 1.94 bits per heavy atom. The van der Waals surface area contributed by atoms with Crippen molar-refractivity contribution in [2.45, 2.75) is 37.9 Å². The van der Waals surface area contributed by atoms with Crippen LogP contribution in [-0.4, -0.2) is 44.4 Å². The number of carbonyl (C=O) groups excluding carboxylic acids is 1. The van der Waals surface area contributed by atoms with Gasteiger partial charge in [0.15, 0.2) is 0 Å². The second kappa shape index (κ2) is 7.58. The van der Waals surface area contributed by atoms with Crippen molar-refractivity contribution in [1.82, 2.24) is 10.6 Å². The number of ether oxygens (including phenoxy) is 1. The van der Waals surface area contributed by atoms with Gasteiger partial charge >= 0.3 is 6.18 Å². The number of rotatable bonds is 7. The van der Waals surface area contributed by atoms with Crippen LogP contribution in [0.1, 0.15) is 25.7 Å². The molecule has 0 aromatic heterocycles. The van der Waals surface area contributed by atoms with Crippen molar-refractivity contribution in [2.24, 2.45) is 0 Å². The molecule has 1 fully saturated rings. The Morgan fingerprint density at radius 3 is 2.56 bits per heavy atom. The standard InChI is InChI=1S/C11H19F3N2O2/c12-11(13,14)8-18-6-5-15-10(17)7-16-9-3-1-2-4-9/h9,16H,1-8H2,(H,15,17). The van der Waals surface area contributed by atoms with E-state index >= 15 is 0 Å². The predicted octanol–water partition coefficient (Wildman–Crippen LogP) is 1.21. The minimum absolute atomic E-state index is 0.0985. The lowest BCUT2D eigenvalue weighted by molar-refractivity contribution is -0.173. The largest absolute Gasteiger partial charge is 0.411 e. The Hall–Kier alpha value is -0.820. The average molecular weight is 268 g/mol. The molecule has 1 rings (SSSR count). The molecule has 0 unspecified atom stereocenters. The molecule has 0 aliphatic heterocycles. The molecule has 0 aromatic rings. The van der Waals surface area contributed by atoms with E-state index < -0.39 is 12.8 Å². The van der Waals surface area contributed by atoms with Gasteiger partial charge in [-0.25, -0.2) is 0 Å². The summed E-state index contributed by atoms with van der Waals surface area (Å²) in [5.74, 6) is -0.211. The van der Waals surface area contributed by atoms with Crippen molar-refractivity contribution >= 4 is 5.91 Å². The third kappa shape index (κ3) is 7.50. The van der Waals surface area contributed by atoms with Crippen LogP contribution in [0.25, 0.3) is 0 Å². The first-order valence-electron chi connectivity index (χ1n) is 6.12. The van der Waals surface area contributed by atoms with Gasteiger partial charge in [-0.05, 0) is 12.8 Å². The summed E-state index contributed by atoms with van der Waals surface area (Å²) >= 11 is 0. The van der Waals surface area contributed by atoms with Crippen LogP contribution in [0.4, 0.5) is 13.2 Å². The van der Waals surface area contributed by atoms with Crippen LogP contribution in [0.2, 0.25) is 0 Å². The third-order valence-corrected chi connectivity index (χ3v) is 2.74. The molecule has 0 atom stereocenters. The molecule has 1 aliphatic carbocycles. The zero-order chi connectivity index (χ0) is 13.4. The van der Waals surface area contributed by atoms with Crippen molar-refractivity contribution in [3.05, 3.63) is 0 Å². The summed E-state index contributed by atoms with van der Waals surface area (Å²) in [5.41, 5.74) is 0. The van der Waals surface area contributed by atoms with E-state index in [9.17, 15) is 18.0 Å². The van der Waals surface area contributed by atoms with Gasteiger partial charge in [-0.15, -0.1) is 0 Å². The number of alkyl halides is 3. The molecule has 0 aromatic carbocycles. The summed E-state index contributed by atoms with van der Waals surface area (Å²) < 4.78 is 39.5. The number of hydrogen-bond donors (Lipinski definition) is 2. The number of halogens is 3. The fourth-order valence-electron chi connectivity index (χ4n) is 1.88. The molecule has 1 amide bonds. The van der Waals surface area contributed by atoms with Crippen molar-refractivity contribution < 1.29 is 22.7 Å². The molecule has 1 aliphatic rings. The van der Waals surface area contributed by atoms with E-state index in [0.29, 0.717) is 6.04 Å². The van der Waals surface area contributed by atoms with Crippen LogP contribution >= 0.6 is 0 Å². The highest BCUT2D eigenvalue weighted by Crippen LogP contribution is 2.17. The lowest BCUT2D eigenvalue weighted by Crippen LogP contribution is -2.39. The maximum atomic E-state index is 11.7. The molecule has 0 radical (unpaired) electrons. The second-order valence-corrected chi connectivity index (χ2v) is 4.38. The molecule has 4 nitrogen and oxygen atoms in total. The maximum Gasteiger partial charge on any atom is 0.411 e. The molecule has 7 heteroatoms. The molecular formula is C11H19F3N2O2. The molecule has 0 saturated heterocycles. The van der Waals surface area contributed by atoms with Gasteiger partial charge in [0, 0.05) is 12.6 Å². The van der Waals surface area contributed by atoms with Crippen LogP contribution in [0, 0.1) is 0 Å². The first-order valence-corrected chi connectivity index (χ1v) is 6.12. The van der Waals surface area contributed by atoms with Crippen LogP contribution < -0.4 is 10.6 Å². The predicted molar refractivity (Wildman–Crippen MR) is 60.1 cm³/mol. The van der Waals surface area contributed by atoms with Crippen molar-refractivity contribution in [1.29, 1.82) is 0 Å². The van der Waals surface area contributed by atoms with Gasteiger partial charge in [-0.1, -0.05) is 12.8 Å². The molecule has 2 N–H and O–H groups in total. The minimum atomic E-state index is -4.31. The smallest absolute Gasteiger partial charge is 0.370 e. The highest BCUT2D eigenvalue weighted by atomic mass is 19.4. The molecule has 0 spiro atoms. The van der Waals surface area contributed by atoms with E-state index in [4.69, 9.17) is 0 Å². The Kier molecular flexibility index (Phi) is 6.42. The Balaban J connectivity index is 1.93. The van der Waals surface area contributed by atoms with E-state index in [1.54, 1.807) is 0 Å². The fraction of sp³-hybridized carbons (Fsp3) is 0.909. The number of hydrogen-bond acceptors (Lipinski definition) is 3. The molecular weight excluding hydrogens is 249 g/mol. The monoisotopic (exact) mass is 268 g/mol. The first-order chi connectivity index (χ1) is 8.47. The molecule has 18 heavy (non-hydrogen) atoms. The maximum absolute atomic E-state index is 11.7. The van der Waals surface area contributed by atoms with E-state index in [-0.39, 0.29) is 25.6 Å². The topological polar surface area (TPSA) is 50.4 Å². The summed E-state index contributed by atoms with van der Waals surface area (Å²) in [5, 5.41) is 5.61. The van der Waals surface area contributed by atoms with Gasteiger partial charge in [0.25, 0.3) is 0 Å². The molecule has 0 bridgehead atoms. The van der Waals surface area contributed by atoms with Gasteiger partial charge in [0.2, 0.25) is 5.91 Å². The zero-order valence-corrected chi connectivity index (χ0v) is 10.2. The van der Waals surface area contributed by atoms with Crippen LogP contribution in [0.3, 0.4) is 0 Å². The van der Waals surface area contributed by atoms with Gasteiger partial charge < -0.3 is 15.4 Å². The number of amides is 1. The Labute approximate surface area is 104 Å². The van der Waals surface area contributed by atoms with Crippen LogP contribution in [0.5, 0.6) is 0 Å². The van der Waals surface area contributed by atoms with Crippen LogP contribution in [0.15, 0.2) is 0 Å². The minimum Gasteiger partial charge on any atom is -0.370 e. The first kappa shape index (κ1) is 15.2. The summed E-state index contributed by atoms with van der Waals surface area (Å²) in [4.78, 5) is 11.3. The van der Waals surface area contributed by atoms with Crippen molar-refractivity contribution in [3.63, 3.8) is 0 Å². The number of nitrogens with one attached hydrogen (secondary N) is 2. The van der Waals surface area contributed by atoms with Gasteiger partial charge in [0.1, 0.15) is 6.61 Å². The van der Waals surface area contributed by atoms with Crippen LogP contribution in [-0.2, 0) is 9.53 Å². The highest BCUT2D eigenvalue weighted by molar-refractivity contribution is 5.77. The van der Waals surface area contributed by atoms with Gasteiger partial charge in [-0.2, -0.15) is 13.2 Å². The Bertz CT molecular complexity index is 253. The van der Waals surface area contributed by atoms with E-state index in [2.05, 4.69) is 15.4 Å². The number of carbonyl (C=O) groups is 1. The van der Waals surface area contributed by atoms with Crippen molar-refractivity contribution in [3.8, 4) is 0 Å². The summed E-state index contributed by atoms with van der Waals surface area (Å²) in [7, 11) is 0. The summed E-state index contributed by atoms with van der Waals surface area (Å²) in [6, 6.07) is 0.400. The SMILES string of the molecule is O=C(CNC1CCCC1)NCCOCC(F)(F)F. The Morgan fingerprint density at radius 1 is 1.28 bits per heavy atom. The van der Waals surface area contributed by atoms with Gasteiger partial charge in [-0.3, -0.25) is 4.79 Å². The lowest BCUT2D eigenvalue weighted by atomic mass is 10.2. The van der Waals surface area contributed by atoms with Crippen molar-refractivity contribution in [2.75, 3.05) is 26.3 Å². The van der Waals surface area contributed by atoms with E-state index in [1.807, 2.05) is 0 Å². The van der Waals surface area contributed by atoms with E-state index in [0.717, 1.165) is 12.8 Å².